The highest BCUT2D eigenvalue weighted by molar-refractivity contribution is 7.33. The molecule has 0 aliphatic carbocycles. The fourth-order valence-corrected chi connectivity index (χ4v) is 1.48. The van der Waals surface area contributed by atoms with Crippen molar-refractivity contribution in [2.45, 2.75) is 13.5 Å². The van der Waals surface area contributed by atoms with Gasteiger partial charge in [0.15, 0.2) is 0 Å². The van der Waals surface area contributed by atoms with Gasteiger partial charge in [0, 0.05) is 4.57 Å². The molecule has 0 aliphatic heterocycles. The molecule has 1 aromatic heterocycles. The van der Waals surface area contributed by atoms with Crippen LogP contribution in [0.4, 0.5) is 0 Å². The summed E-state index contributed by atoms with van der Waals surface area (Å²) in [5.41, 5.74) is 0.382. The first kappa shape index (κ1) is 12.8. The van der Waals surface area contributed by atoms with Crippen LogP contribution in [-0.4, -0.2) is 27.1 Å². The minimum absolute atomic E-state index is 0.0554. The van der Waals surface area contributed by atoms with Gasteiger partial charge in [-0.3, -0.25) is 4.98 Å². The molecule has 1 rings (SSSR count). The number of pyridine rings is 1. The zero-order chi connectivity index (χ0) is 12.1. The summed E-state index contributed by atoms with van der Waals surface area (Å²) in [4.78, 5) is 3.77. The van der Waals surface area contributed by atoms with Crippen molar-refractivity contribution >= 4 is 8.25 Å². The van der Waals surface area contributed by atoms with Gasteiger partial charge in [0.2, 0.25) is 12.5 Å². The highest BCUT2D eigenvalue weighted by Gasteiger charge is 2.25. The standard InChI is InChI=1S/C8H10NO6P/c1-5-8(12)6(3-10)7(2-9-5)15-16(13)14-4-11/h2,10-11H,3-4H2,1H3/p+1. The highest BCUT2D eigenvalue weighted by atomic mass is 31.1. The molecular weight excluding hydrogens is 237 g/mol. The Morgan fingerprint density at radius 1 is 1.50 bits per heavy atom. The summed E-state index contributed by atoms with van der Waals surface area (Å²) in [6, 6.07) is 0. The van der Waals surface area contributed by atoms with Crippen LogP contribution in [0.1, 0.15) is 11.3 Å². The molecule has 0 aromatic carbocycles. The molecule has 1 atom stereocenters. The number of aliphatic hydroxyl groups excluding tert-OH is 2. The summed E-state index contributed by atoms with van der Waals surface area (Å²) in [5, 5.41) is 26.9. The van der Waals surface area contributed by atoms with Crippen LogP contribution in [0.15, 0.2) is 6.20 Å². The maximum atomic E-state index is 11.0. The first-order valence-electron chi connectivity index (χ1n) is 4.27. The Kier molecular flexibility index (Phi) is 4.57. The Morgan fingerprint density at radius 2 is 2.19 bits per heavy atom. The second kappa shape index (κ2) is 5.72. The Labute approximate surface area is 92.2 Å². The molecule has 0 radical (unpaired) electrons. The van der Waals surface area contributed by atoms with Crippen LogP contribution < -0.4 is 4.52 Å². The quantitative estimate of drug-likeness (QED) is 0.516. The Balaban J connectivity index is 2.96. The van der Waals surface area contributed by atoms with Crippen LogP contribution in [-0.2, 0) is 15.7 Å². The summed E-state index contributed by atoms with van der Waals surface area (Å²) in [5.74, 6) is -0.285. The van der Waals surface area contributed by atoms with E-state index in [4.69, 9.17) is 14.7 Å². The zero-order valence-electron chi connectivity index (χ0n) is 8.45. The van der Waals surface area contributed by atoms with Gasteiger partial charge in [-0.05, 0) is 6.92 Å². The fraction of sp³-hybridized carbons (Fsp3) is 0.375. The minimum atomic E-state index is -2.56. The van der Waals surface area contributed by atoms with Gasteiger partial charge < -0.3 is 15.3 Å². The van der Waals surface area contributed by atoms with E-state index in [1.165, 1.54) is 6.20 Å². The van der Waals surface area contributed by atoms with Crippen LogP contribution in [0.2, 0.25) is 0 Å². The molecule has 1 aromatic rings. The van der Waals surface area contributed by atoms with Gasteiger partial charge in [-0.25, -0.2) is 4.52 Å². The number of aryl methyl sites for hydroxylation is 1. The first-order chi connectivity index (χ1) is 7.60. The maximum Gasteiger partial charge on any atom is 0.752 e. The molecule has 1 heterocycles. The van der Waals surface area contributed by atoms with Crippen molar-refractivity contribution < 1.29 is 28.9 Å². The molecule has 8 heteroatoms. The summed E-state index contributed by atoms with van der Waals surface area (Å²) in [6.45, 7) is 0.296. The van der Waals surface area contributed by atoms with Crippen LogP contribution >= 0.6 is 8.25 Å². The molecule has 0 saturated carbocycles. The van der Waals surface area contributed by atoms with E-state index in [0.29, 0.717) is 5.69 Å². The third kappa shape index (κ3) is 2.86. The Bertz CT molecular complexity index is 396. The van der Waals surface area contributed by atoms with Crippen molar-refractivity contribution in [3.8, 4) is 11.5 Å². The monoisotopic (exact) mass is 248 g/mol. The molecule has 88 valence electrons. The van der Waals surface area contributed by atoms with E-state index < -0.39 is 21.7 Å². The lowest BCUT2D eigenvalue weighted by molar-refractivity contribution is 0.0959. The molecule has 1 unspecified atom stereocenters. The van der Waals surface area contributed by atoms with Crippen molar-refractivity contribution in [3.05, 3.63) is 17.5 Å². The maximum absolute atomic E-state index is 11.0. The van der Waals surface area contributed by atoms with E-state index in [9.17, 15) is 9.67 Å². The molecule has 0 bridgehead atoms. The molecule has 7 nitrogen and oxygen atoms in total. The summed E-state index contributed by atoms with van der Waals surface area (Å²) in [7, 11) is -2.56. The van der Waals surface area contributed by atoms with Gasteiger partial charge in [0.1, 0.15) is 5.75 Å². The molecule has 0 spiro atoms. The molecule has 0 fully saturated rings. The van der Waals surface area contributed by atoms with Crippen molar-refractivity contribution in [3.63, 3.8) is 0 Å². The average Bonchev–Trinajstić information content (AvgIpc) is 2.24. The lowest BCUT2D eigenvalue weighted by Crippen LogP contribution is -1.96. The molecule has 16 heavy (non-hydrogen) atoms. The smallest absolute Gasteiger partial charge is 0.506 e. The van der Waals surface area contributed by atoms with Crippen molar-refractivity contribution in [2.24, 2.45) is 0 Å². The normalized spacial score (nSPS) is 11.3. The van der Waals surface area contributed by atoms with Gasteiger partial charge in [0.05, 0.1) is 24.1 Å². The van der Waals surface area contributed by atoms with Crippen LogP contribution in [0.3, 0.4) is 0 Å². The molecule has 0 amide bonds. The number of rotatable bonds is 5. The summed E-state index contributed by atoms with van der Waals surface area (Å²) >= 11 is 0. The topological polar surface area (TPSA) is 109 Å². The second-order valence-electron chi connectivity index (χ2n) is 2.77. The molecule has 0 saturated heterocycles. The SMILES string of the molecule is Cc1ncc(O[P+](=O)OCO)c(CO)c1O. The minimum Gasteiger partial charge on any atom is -0.506 e. The Hall–Kier alpha value is -1.27. The van der Waals surface area contributed by atoms with Crippen molar-refractivity contribution in [1.82, 2.24) is 4.98 Å². The van der Waals surface area contributed by atoms with E-state index in [2.05, 4.69) is 9.51 Å². The largest absolute Gasteiger partial charge is 0.752 e. The van der Waals surface area contributed by atoms with E-state index >= 15 is 0 Å². The summed E-state index contributed by atoms with van der Waals surface area (Å²) < 4.78 is 20.1. The molecule has 3 N–H and O–H groups in total. The zero-order valence-corrected chi connectivity index (χ0v) is 9.35. The third-order valence-electron chi connectivity index (χ3n) is 1.80. The number of aromatic hydroxyl groups is 1. The number of nitrogens with zero attached hydrogens (tertiary/aromatic N) is 1. The van der Waals surface area contributed by atoms with Crippen molar-refractivity contribution in [1.29, 1.82) is 0 Å². The van der Waals surface area contributed by atoms with E-state index in [0.717, 1.165) is 0 Å². The van der Waals surface area contributed by atoms with Gasteiger partial charge in [-0.1, -0.05) is 4.52 Å². The lowest BCUT2D eigenvalue weighted by Gasteiger charge is -2.05. The van der Waals surface area contributed by atoms with E-state index in [1.54, 1.807) is 6.92 Å². The number of hydrogen-bond donors (Lipinski definition) is 3. The van der Waals surface area contributed by atoms with E-state index in [-0.39, 0.29) is 17.1 Å². The average molecular weight is 248 g/mol. The Morgan fingerprint density at radius 3 is 2.75 bits per heavy atom. The summed E-state index contributed by atoms with van der Waals surface area (Å²) in [6.07, 6.45) is 1.20. The number of aliphatic hydroxyl groups is 2. The van der Waals surface area contributed by atoms with E-state index in [1.807, 2.05) is 0 Å². The third-order valence-corrected chi connectivity index (χ3v) is 2.47. The van der Waals surface area contributed by atoms with Gasteiger partial charge in [-0.2, -0.15) is 0 Å². The van der Waals surface area contributed by atoms with Gasteiger partial charge in [0.25, 0.3) is 0 Å². The van der Waals surface area contributed by atoms with Crippen LogP contribution in [0.25, 0.3) is 0 Å². The molecule has 0 aliphatic rings. The van der Waals surface area contributed by atoms with Crippen LogP contribution in [0.5, 0.6) is 11.5 Å². The predicted molar refractivity (Wildman–Crippen MR) is 53.0 cm³/mol. The fourth-order valence-electron chi connectivity index (χ4n) is 1.01. The predicted octanol–water partition coefficient (Wildman–Crippen LogP) is 0.591. The highest BCUT2D eigenvalue weighted by Crippen LogP contribution is 2.35. The van der Waals surface area contributed by atoms with Gasteiger partial charge >= 0.3 is 8.25 Å². The second-order valence-corrected chi connectivity index (χ2v) is 3.65. The molecular formula is C8H11NO6P+. The van der Waals surface area contributed by atoms with Gasteiger partial charge in [-0.15, -0.1) is 0 Å². The first-order valence-corrected chi connectivity index (χ1v) is 5.37. The van der Waals surface area contributed by atoms with Crippen molar-refractivity contribution in [2.75, 3.05) is 6.79 Å². The van der Waals surface area contributed by atoms with Crippen LogP contribution in [0, 0.1) is 6.92 Å². The lowest BCUT2D eigenvalue weighted by atomic mass is 10.2. The number of aromatic nitrogens is 1. The number of hydrogen-bond acceptors (Lipinski definition) is 7.